The summed E-state index contributed by atoms with van der Waals surface area (Å²) in [7, 11) is 0. The first-order chi connectivity index (χ1) is 2.56. The van der Waals surface area contributed by atoms with Crippen LogP contribution in [-0.2, 0) is 4.79 Å². The molecular weight excluding hydrogens is 104 g/mol. The summed E-state index contributed by atoms with van der Waals surface area (Å²) >= 11 is 0. The molecular formula is C2H2F3LiO. The molecule has 0 aliphatic heterocycles. The minimum atomic E-state index is -4.64. The third-order valence-corrected chi connectivity index (χ3v) is 0.134. The fraction of sp³-hybridized carbons (Fsp3) is 0.500. The maximum absolute atomic E-state index is 10.4. The first-order valence-corrected chi connectivity index (χ1v) is 1.09. The van der Waals surface area contributed by atoms with Crippen molar-refractivity contribution >= 4 is 25.1 Å². The molecule has 0 unspecified atom stereocenters. The van der Waals surface area contributed by atoms with Crippen LogP contribution < -0.4 is 0 Å². The van der Waals surface area contributed by atoms with Crippen LogP contribution in [0.2, 0.25) is 0 Å². The molecule has 1 nitrogen and oxygen atoms in total. The predicted molar refractivity (Wildman–Crippen MR) is 19.3 cm³/mol. The van der Waals surface area contributed by atoms with Gasteiger partial charge in [-0.05, 0) is 0 Å². The third kappa shape index (κ3) is 10.7. The van der Waals surface area contributed by atoms with Crippen LogP contribution in [0.15, 0.2) is 0 Å². The topological polar surface area (TPSA) is 17.1 Å². The summed E-state index contributed by atoms with van der Waals surface area (Å²) in [5.74, 6) is 0. The molecule has 5 heteroatoms. The van der Waals surface area contributed by atoms with Gasteiger partial charge >= 0.3 is 25.0 Å². The standard InChI is InChI=1S/C2HF3O.Li.H/c3-2(4,5)1-6;;/h1H;;. The molecule has 0 atom stereocenters. The number of alkyl halides is 3. The number of aldehydes is 1. The molecule has 0 amide bonds. The Kier molecular flexibility index (Phi) is 4.50. The fourth-order valence-electron chi connectivity index (χ4n) is 0. The number of hydrogen-bond donors (Lipinski definition) is 0. The van der Waals surface area contributed by atoms with E-state index in [0.717, 1.165) is 0 Å². The molecule has 0 aromatic carbocycles. The predicted octanol–water partition coefficient (Wildman–Crippen LogP) is 0.0991. The summed E-state index contributed by atoms with van der Waals surface area (Å²) in [5.41, 5.74) is 0. The third-order valence-electron chi connectivity index (χ3n) is 0.134. The summed E-state index contributed by atoms with van der Waals surface area (Å²) < 4.78 is 31.2. The van der Waals surface area contributed by atoms with E-state index in [4.69, 9.17) is 4.79 Å². The number of carbonyl (C=O) groups excluding carboxylic acids is 1. The van der Waals surface area contributed by atoms with Gasteiger partial charge in [-0.25, -0.2) is 0 Å². The normalized spacial score (nSPS) is 9.57. The molecule has 0 radical (unpaired) electrons. The summed E-state index contributed by atoms with van der Waals surface area (Å²) in [4.78, 5) is 8.70. The van der Waals surface area contributed by atoms with Crippen molar-refractivity contribution in [1.29, 1.82) is 0 Å². The van der Waals surface area contributed by atoms with E-state index in [9.17, 15) is 13.2 Å². The van der Waals surface area contributed by atoms with Crippen LogP contribution in [0.4, 0.5) is 13.2 Å². The van der Waals surface area contributed by atoms with E-state index in [1.54, 1.807) is 0 Å². The van der Waals surface area contributed by atoms with Gasteiger partial charge in [0.25, 0.3) is 0 Å². The summed E-state index contributed by atoms with van der Waals surface area (Å²) in [6.07, 6.45) is -5.70. The van der Waals surface area contributed by atoms with Crippen LogP contribution in [0.25, 0.3) is 0 Å². The average molecular weight is 106 g/mol. The van der Waals surface area contributed by atoms with E-state index in [2.05, 4.69) is 0 Å². The van der Waals surface area contributed by atoms with Gasteiger partial charge in [-0.15, -0.1) is 0 Å². The van der Waals surface area contributed by atoms with Gasteiger partial charge in [0.05, 0.1) is 0 Å². The SMILES string of the molecule is O=CC(F)(F)F.[LiH]. The second-order valence-electron chi connectivity index (χ2n) is 0.659. The Morgan fingerprint density at radius 3 is 1.43 bits per heavy atom. The Hall–Kier alpha value is 0.0574. The Labute approximate surface area is 50.1 Å². The monoisotopic (exact) mass is 106 g/mol. The molecule has 0 aromatic rings. The van der Waals surface area contributed by atoms with Crippen LogP contribution in [-0.4, -0.2) is 31.3 Å². The Bertz CT molecular complexity index is 58.4. The summed E-state index contributed by atoms with van der Waals surface area (Å²) in [6, 6.07) is 0. The number of hydrogen-bond acceptors (Lipinski definition) is 1. The van der Waals surface area contributed by atoms with Crippen LogP contribution in [0.3, 0.4) is 0 Å². The summed E-state index contributed by atoms with van der Waals surface area (Å²) in [6.45, 7) is 0. The fourth-order valence-corrected chi connectivity index (χ4v) is 0. The van der Waals surface area contributed by atoms with E-state index in [0.29, 0.717) is 0 Å². The maximum atomic E-state index is 10.4. The van der Waals surface area contributed by atoms with Crippen molar-refractivity contribution in [3.8, 4) is 0 Å². The average Bonchev–Trinajstić information content (AvgIpc) is 1.35. The van der Waals surface area contributed by atoms with Crippen molar-refractivity contribution < 1.29 is 18.0 Å². The van der Waals surface area contributed by atoms with E-state index in [-0.39, 0.29) is 18.9 Å². The molecule has 0 fully saturated rings. The van der Waals surface area contributed by atoms with Crippen molar-refractivity contribution in [3.63, 3.8) is 0 Å². The molecule has 38 valence electrons. The van der Waals surface area contributed by atoms with Crippen LogP contribution in [0.5, 0.6) is 0 Å². The molecule has 0 heterocycles. The molecule has 0 aromatic heterocycles. The van der Waals surface area contributed by atoms with Crippen molar-refractivity contribution in [2.45, 2.75) is 6.18 Å². The Balaban J connectivity index is 0. The Morgan fingerprint density at radius 2 is 1.43 bits per heavy atom. The van der Waals surface area contributed by atoms with E-state index in [1.807, 2.05) is 0 Å². The second-order valence-corrected chi connectivity index (χ2v) is 0.659. The molecule has 7 heavy (non-hydrogen) atoms. The molecule has 0 rings (SSSR count). The van der Waals surface area contributed by atoms with Crippen molar-refractivity contribution in [1.82, 2.24) is 0 Å². The van der Waals surface area contributed by atoms with E-state index >= 15 is 0 Å². The molecule has 0 saturated carbocycles. The number of halogens is 3. The van der Waals surface area contributed by atoms with Crippen molar-refractivity contribution in [3.05, 3.63) is 0 Å². The van der Waals surface area contributed by atoms with Gasteiger partial charge in [0.1, 0.15) is 0 Å². The van der Waals surface area contributed by atoms with Gasteiger partial charge in [-0.1, -0.05) is 0 Å². The molecule has 0 spiro atoms. The molecule has 0 saturated heterocycles. The van der Waals surface area contributed by atoms with Crippen LogP contribution in [0, 0.1) is 0 Å². The zero-order valence-electron chi connectivity index (χ0n) is 2.62. The van der Waals surface area contributed by atoms with Gasteiger partial charge in [0.15, 0.2) is 0 Å². The van der Waals surface area contributed by atoms with E-state index in [1.165, 1.54) is 0 Å². The first-order valence-electron chi connectivity index (χ1n) is 1.09. The number of carbonyl (C=O) groups is 1. The molecule has 0 aliphatic carbocycles. The van der Waals surface area contributed by atoms with E-state index < -0.39 is 12.5 Å². The summed E-state index contributed by atoms with van der Waals surface area (Å²) in [5, 5.41) is 0. The van der Waals surface area contributed by atoms with Crippen molar-refractivity contribution in [2.75, 3.05) is 0 Å². The molecule has 0 aliphatic rings. The van der Waals surface area contributed by atoms with Crippen LogP contribution in [0.1, 0.15) is 0 Å². The van der Waals surface area contributed by atoms with Gasteiger partial charge in [-0.3, -0.25) is 4.79 Å². The van der Waals surface area contributed by atoms with Crippen molar-refractivity contribution in [2.24, 2.45) is 0 Å². The minimum absolute atomic E-state index is 0. The zero-order chi connectivity index (χ0) is 5.21. The second kappa shape index (κ2) is 3.11. The molecule has 0 N–H and O–H groups in total. The van der Waals surface area contributed by atoms with Gasteiger partial charge in [0, 0.05) is 0 Å². The number of rotatable bonds is 0. The first kappa shape index (κ1) is 10.1. The zero-order valence-corrected chi connectivity index (χ0v) is 2.62. The molecule has 0 bridgehead atoms. The quantitative estimate of drug-likeness (QED) is 0.316. The van der Waals surface area contributed by atoms with Crippen LogP contribution >= 0.6 is 0 Å². The van der Waals surface area contributed by atoms with Gasteiger partial charge < -0.3 is 0 Å². The van der Waals surface area contributed by atoms with Gasteiger partial charge in [-0.2, -0.15) is 13.2 Å². The Morgan fingerprint density at radius 1 is 1.29 bits per heavy atom. The van der Waals surface area contributed by atoms with Gasteiger partial charge in [0.2, 0.25) is 6.29 Å².